The van der Waals surface area contributed by atoms with Gasteiger partial charge < -0.3 is 14.2 Å². The highest BCUT2D eigenvalue weighted by molar-refractivity contribution is 6.05. The maximum atomic E-state index is 11.8. The molecule has 6 heteroatoms. The first-order chi connectivity index (χ1) is 9.08. The lowest BCUT2D eigenvalue weighted by atomic mass is 9.96. The number of esters is 3. The van der Waals surface area contributed by atoms with Gasteiger partial charge in [0.1, 0.15) is 5.57 Å². The SMILES string of the molecule is COC(=O)C1=CC(=O)OC12OC(=O)c1ccccc12. The number of rotatable bonds is 1. The number of benzene rings is 1. The number of hydrogen-bond donors (Lipinski definition) is 0. The van der Waals surface area contributed by atoms with Crippen molar-refractivity contribution >= 4 is 17.9 Å². The fraction of sp³-hybridized carbons (Fsp3) is 0.154. The molecule has 96 valence electrons. The quantitative estimate of drug-likeness (QED) is 0.690. The largest absolute Gasteiger partial charge is 0.465 e. The van der Waals surface area contributed by atoms with Gasteiger partial charge in [-0.05, 0) is 12.1 Å². The first-order valence-corrected chi connectivity index (χ1v) is 5.45. The summed E-state index contributed by atoms with van der Waals surface area (Å²) in [6.45, 7) is 0. The Hall–Kier alpha value is -2.63. The first kappa shape index (κ1) is 11.5. The summed E-state index contributed by atoms with van der Waals surface area (Å²) < 4.78 is 14.8. The summed E-state index contributed by atoms with van der Waals surface area (Å²) in [7, 11) is 1.17. The predicted octanol–water partition coefficient (Wildman–Crippen LogP) is 0.666. The normalized spacial score (nSPS) is 23.7. The molecule has 0 aliphatic carbocycles. The lowest BCUT2D eigenvalue weighted by Crippen LogP contribution is -2.33. The highest BCUT2D eigenvalue weighted by Gasteiger charge is 2.57. The van der Waals surface area contributed by atoms with E-state index >= 15 is 0 Å². The second-order valence-electron chi connectivity index (χ2n) is 4.02. The third-order valence-electron chi connectivity index (χ3n) is 3.00. The van der Waals surface area contributed by atoms with E-state index in [0.717, 1.165) is 6.08 Å². The summed E-state index contributed by atoms with van der Waals surface area (Å²) in [5.74, 6) is -4.00. The van der Waals surface area contributed by atoms with Crippen molar-refractivity contribution < 1.29 is 28.6 Å². The molecule has 2 aliphatic heterocycles. The van der Waals surface area contributed by atoms with E-state index in [1.807, 2.05) is 0 Å². The van der Waals surface area contributed by atoms with Crippen molar-refractivity contribution in [3.05, 3.63) is 47.0 Å². The summed E-state index contributed by atoms with van der Waals surface area (Å²) in [5, 5.41) is 0. The third-order valence-corrected chi connectivity index (χ3v) is 3.00. The smallest absolute Gasteiger partial charge is 0.342 e. The molecule has 0 saturated carbocycles. The van der Waals surface area contributed by atoms with Crippen LogP contribution in [0.3, 0.4) is 0 Å². The van der Waals surface area contributed by atoms with Crippen LogP contribution in [-0.2, 0) is 29.6 Å². The van der Waals surface area contributed by atoms with Gasteiger partial charge in [-0.3, -0.25) is 0 Å². The number of carbonyl (C=O) groups is 3. The highest BCUT2D eigenvalue weighted by Crippen LogP contribution is 2.46. The van der Waals surface area contributed by atoms with Crippen molar-refractivity contribution in [2.45, 2.75) is 5.79 Å². The molecule has 1 unspecified atom stereocenters. The number of hydrogen-bond acceptors (Lipinski definition) is 6. The van der Waals surface area contributed by atoms with Crippen LogP contribution >= 0.6 is 0 Å². The minimum Gasteiger partial charge on any atom is -0.465 e. The Morgan fingerprint density at radius 2 is 1.95 bits per heavy atom. The maximum Gasteiger partial charge on any atom is 0.342 e. The van der Waals surface area contributed by atoms with Crippen molar-refractivity contribution in [1.82, 2.24) is 0 Å². The molecular weight excluding hydrogens is 252 g/mol. The lowest BCUT2D eigenvalue weighted by Gasteiger charge is -2.23. The van der Waals surface area contributed by atoms with Crippen molar-refractivity contribution in [1.29, 1.82) is 0 Å². The predicted molar refractivity (Wildman–Crippen MR) is 59.7 cm³/mol. The molecule has 1 aromatic carbocycles. The van der Waals surface area contributed by atoms with Crippen LogP contribution in [-0.4, -0.2) is 25.0 Å². The van der Waals surface area contributed by atoms with E-state index in [-0.39, 0.29) is 11.1 Å². The Morgan fingerprint density at radius 3 is 2.68 bits per heavy atom. The van der Waals surface area contributed by atoms with Crippen molar-refractivity contribution in [2.75, 3.05) is 7.11 Å². The topological polar surface area (TPSA) is 78.9 Å². The Labute approximate surface area is 107 Å². The van der Waals surface area contributed by atoms with Crippen LogP contribution in [0.4, 0.5) is 0 Å². The molecular formula is C13H8O6. The molecule has 19 heavy (non-hydrogen) atoms. The second kappa shape index (κ2) is 3.68. The first-order valence-electron chi connectivity index (χ1n) is 5.45. The van der Waals surface area contributed by atoms with Gasteiger partial charge in [-0.1, -0.05) is 12.1 Å². The summed E-state index contributed by atoms with van der Waals surface area (Å²) in [6.07, 6.45) is 0.973. The molecule has 0 N–H and O–H groups in total. The van der Waals surface area contributed by atoms with Crippen LogP contribution in [0, 0.1) is 0 Å². The summed E-state index contributed by atoms with van der Waals surface area (Å²) in [5.41, 5.74) is 0.438. The van der Waals surface area contributed by atoms with Gasteiger partial charge >= 0.3 is 23.7 Å². The van der Waals surface area contributed by atoms with Gasteiger partial charge in [0.05, 0.1) is 18.2 Å². The van der Waals surface area contributed by atoms with Crippen molar-refractivity contribution in [2.24, 2.45) is 0 Å². The molecule has 1 spiro atoms. The van der Waals surface area contributed by atoms with Crippen LogP contribution in [0.15, 0.2) is 35.9 Å². The third kappa shape index (κ3) is 1.40. The fourth-order valence-electron chi connectivity index (χ4n) is 2.21. The van der Waals surface area contributed by atoms with E-state index in [4.69, 9.17) is 9.47 Å². The molecule has 0 radical (unpaired) electrons. The standard InChI is InChI=1S/C13H8O6/c1-17-12(16)9-6-10(14)18-13(9)8-5-3-2-4-7(8)11(15)19-13/h2-6H,1H3. The van der Waals surface area contributed by atoms with Gasteiger partial charge in [0.2, 0.25) is 0 Å². The van der Waals surface area contributed by atoms with Crippen LogP contribution in [0.25, 0.3) is 0 Å². The minimum atomic E-state index is -1.81. The van der Waals surface area contributed by atoms with E-state index in [9.17, 15) is 14.4 Å². The highest BCUT2D eigenvalue weighted by atomic mass is 16.7. The molecule has 0 fully saturated rings. The number of fused-ring (bicyclic) bond motifs is 2. The van der Waals surface area contributed by atoms with Gasteiger partial charge in [-0.25, -0.2) is 14.4 Å². The zero-order chi connectivity index (χ0) is 13.6. The lowest BCUT2D eigenvalue weighted by molar-refractivity contribution is -0.184. The van der Waals surface area contributed by atoms with Gasteiger partial charge in [0.15, 0.2) is 0 Å². The van der Waals surface area contributed by atoms with Crippen molar-refractivity contribution in [3.8, 4) is 0 Å². The molecule has 6 nitrogen and oxygen atoms in total. The molecule has 0 bridgehead atoms. The minimum absolute atomic E-state index is 0.140. The Morgan fingerprint density at radius 1 is 1.21 bits per heavy atom. The molecule has 0 aromatic heterocycles. The maximum absolute atomic E-state index is 11.8. The zero-order valence-electron chi connectivity index (χ0n) is 9.84. The summed E-state index contributed by atoms with van der Waals surface area (Å²) in [6, 6.07) is 6.41. The average molecular weight is 260 g/mol. The van der Waals surface area contributed by atoms with Crippen LogP contribution in [0.1, 0.15) is 15.9 Å². The van der Waals surface area contributed by atoms with Gasteiger partial charge in [0, 0.05) is 6.08 Å². The Kier molecular flexibility index (Phi) is 2.22. The summed E-state index contributed by atoms with van der Waals surface area (Å²) >= 11 is 0. The second-order valence-corrected chi connectivity index (χ2v) is 4.02. The van der Waals surface area contributed by atoms with E-state index in [1.165, 1.54) is 13.2 Å². The molecule has 0 amide bonds. The van der Waals surface area contributed by atoms with Gasteiger partial charge in [0.25, 0.3) is 0 Å². The van der Waals surface area contributed by atoms with E-state index in [1.54, 1.807) is 18.2 Å². The average Bonchev–Trinajstić information content (AvgIpc) is 2.88. The van der Waals surface area contributed by atoms with Gasteiger partial charge in [-0.15, -0.1) is 0 Å². The summed E-state index contributed by atoms with van der Waals surface area (Å²) in [4.78, 5) is 35.0. The molecule has 3 rings (SSSR count). The monoisotopic (exact) mass is 260 g/mol. The van der Waals surface area contributed by atoms with Crippen LogP contribution < -0.4 is 0 Å². The van der Waals surface area contributed by atoms with E-state index in [2.05, 4.69) is 4.74 Å². The molecule has 2 aliphatic rings. The van der Waals surface area contributed by atoms with E-state index < -0.39 is 23.7 Å². The number of carbonyl (C=O) groups excluding carboxylic acids is 3. The van der Waals surface area contributed by atoms with E-state index in [0.29, 0.717) is 5.56 Å². The molecule has 2 heterocycles. The fourth-order valence-corrected chi connectivity index (χ4v) is 2.21. The Balaban J connectivity index is 2.21. The zero-order valence-corrected chi connectivity index (χ0v) is 9.84. The van der Waals surface area contributed by atoms with Crippen LogP contribution in [0.5, 0.6) is 0 Å². The number of ether oxygens (including phenoxy) is 3. The molecule has 1 atom stereocenters. The van der Waals surface area contributed by atoms with Crippen LogP contribution in [0.2, 0.25) is 0 Å². The number of methoxy groups -OCH3 is 1. The molecule has 0 saturated heterocycles. The Bertz CT molecular complexity index is 644. The molecule has 1 aromatic rings. The van der Waals surface area contributed by atoms with Crippen molar-refractivity contribution in [3.63, 3.8) is 0 Å². The van der Waals surface area contributed by atoms with Gasteiger partial charge in [-0.2, -0.15) is 0 Å².